The second kappa shape index (κ2) is 12.7. The van der Waals surface area contributed by atoms with Gasteiger partial charge < -0.3 is 4.42 Å². The minimum Gasteiger partial charge on any atom is -0.456 e. The lowest BCUT2D eigenvalue weighted by Gasteiger charge is -2.10. The van der Waals surface area contributed by atoms with Gasteiger partial charge in [-0.2, -0.15) is 0 Å². The number of fused-ring (bicyclic) bond motifs is 9. The number of thiophene rings is 2. The fraction of sp³-hybridized carbons (Fsp3) is 0. The van der Waals surface area contributed by atoms with Gasteiger partial charge in [0.2, 0.25) is 0 Å². The Hall–Kier alpha value is -7.13. The van der Waals surface area contributed by atoms with Gasteiger partial charge in [-0.05, 0) is 42.5 Å². The Balaban J connectivity index is 1.09. The molecular weight excluding hydrogens is 739 g/mol. The summed E-state index contributed by atoms with van der Waals surface area (Å²) in [4.78, 5) is 26.1. The van der Waals surface area contributed by atoms with E-state index in [1.54, 1.807) is 22.7 Å². The first-order chi connectivity index (χ1) is 28.2. The predicted octanol–water partition coefficient (Wildman–Crippen LogP) is 13.6. The summed E-state index contributed by atoms with van der Waals surface area (Å²) >= 11 is 3.51. The molecule has 0 amide bonds. The topological polar surface area (TPSA) is 77.6 Å². The van der Waals surface area contributed by atoms with Crippen molar-refractivity contribution < 1.29 is 4.42 Å². The maximum atomic E-state index is 6.28. The summed E-state index contributed by atoms with van der Waals surface area (Å²) in [5.41, 5.74) is 8.31. The van der Waals surface area contributed by atoms with Crippen molar-refractivity contribution in [2.45, 2.75) is 0 Å². The third-order valence-corrected chi connectivity index (χ3v) is 12.9. The molecule has 0 spiro atoms. The first-order valence-electron chi connectivity index (χ1n) is 18.7. The molecule has 5 aromatic heterocycles. The van der Waals surface area contributed by atoms with Crippen molar-refractivity contribution in [3.63, 3.8) is 0 Å². The average molecular weight is 766 g/mol. The quantitative estimate of drug-likeness (QED) is 0.174. The van der Waals surface area contributed by atoms with Crippen LogP contribution in [0.5, 0.6) is 0 Å². The molecule has 8 heteroatoms. The minimum atomic E-state index is 0.589. The second-order valence-corrected chi connectivity index (χ2v) is 16.1. The molecule has 7 aromatic carbocycles. The summed E-state index contributed by atoms with van der Waals surface area (Å²) < 4.78 is 10.9. The van der Waals surface area contributed by atoms with Crippen LogP contribution in [0.15, 0.2) is 168 Å². The van der Waals surface area contributed by atoms with Crippen LogP contribution < -0.4 is 0 Å². The Morgan fingerprint density at radius 2 is 0.982 bits per heavy atom. The molecule has 6 nitrogen and oxygen atoms in total. The van der Waals surface area contributed by atoms with E-state index in [9.17, 15) is 0 Å². The number of para-hydroxylation sites is 1. The smallest absolute Gasteiger partial charge is 0.164 e. The van der Waals surface area contributed by atoms with Crippen LogP contribution in [0.25, 0.3) is 119 Å². The molecule has 57 heavy (non-hydrogen) atoms. The molecule has 0 aliphatic carbocycles. The van der Waals surface area contributed by atoms with E-state index in [0.29, 0.717) is 23.3 Å². The van der Waals surface area contributed by atoms with Crippen LogP contribution in [0.4, 0.5) is 0 Å². The summed E-state index contributed by atoms with van der Waals surface area (Å²) in [5, 5.41) is 5.35. The number of rotatable bonds is 5. The molecule has 0 unspecified atom stereocenters. The molecule has 0 aliphatic rings. The number of benzene rings is 7. The van der Waals surface area contributed by atoms with Gasteiger partial charge in [-0.25, -0.2) is 24.9 Å². The highest BCUT2D eigenvalue weighted by Crippen LogP contribution is 2.44. The van der Waals surface area contributed by atoms with Gasteiger partial charge >= 0.3 is 0 Å². The van der Waals surface area contributed by atoms with E-state index in [2.05, 4.69) is 97.1 Å². The maximum absolute atomic E-state index is 6.28. The predicted molar refractivity (Wildman–Crippen MR) is 236 cm³/mol. The number of hydrogen-bond donors (Lipinski definition) is 0. The van der Waals surface area contributed by atoms with E-state index < -0.39 is 0 Å². The van der Waals surface area contributed by atoms with Gasteiger partial charge in [0.05, 0.1) is 15.9 Å². The zero-order valence-electron chi connectivity index (χ0n) is 30.0. The molecule has 266 valence electrons. The van der Waals surface area contributed by atoms with Gasteiger partial charge in [0, 0.05) is 68.8 Å². The molecular formula is C49H27N5OS2. The zero-order valence-corrected chi connectivity index (χ0v) is 31.7. The molecule has 0 bridgehead atoms. The average Bonchev–Trinajstić information content (AvgIpc) is 3.97. The van der Waals surface area contributed by atoms with Gasteiger partial charge in [-0.3, -0.25) is 0 Å². The van der Waals surface area contributed by atoms with Crippen molar-refractivity contribution in [2.24, 2.45) is 0 Å². The number of nitrogens with zero attached hydrogens (tertiary/aromatic N) is 5. The highest BCUT2D eigenvalue weighted by molar-refractivity contribution is 7.26. The van der Waals surface area contributed by atoms with E-state index in [1.807, 2.05) is 66.7 Å². The lowest BCUT2D eigenvalue weighted by atomic mass is 10.0. The molecule has 12 rings (SSSR count). The van der Waals surface area contributed by atoms with Gasteiger partial charge in [0.1, 0.15) is 11.2 Å². The van der Waals surface area contributed by atoms with E-state index >= 15 is 0 Å². The Bertz CT molecular complexity index is 3540. The van der Waals surface area contributed by atoms with Crippen molar-refractivity contribution in [1.82, 2.24) is 24.9 Å². The maximum Gasteiger partial charge on any atom is 0.164 e. The third kappa shape index (κ3) is 5.19. The van der Waals surface area contributed by atoms with Crippen LogP contribution in [0.3, 0.4) is 0 Å². The lowest BCUT2D eigenvalue weighted by molar-refractivity contribution is 0.669. The van der Waals surface area contributed by atoms with Crippen molar-refractivity contribution in [2.75, 3.05) is 0 Å². The Morgan fingerprint density at radius 1 is 0.368 bits per heavy atom. The largest absolute Gasteiger partial charge is 0.456 e. The van der Waals surface area contributed by atoms with Gasteiger partial charge in [0.15, 0.2) is 23.3 Å². The summed E-state index contributed by atoms with van der Waals surface area (Å²) in [7, 11) is 0. The fourth-order valence-corrected chi connectivity index (χ4v) is 10.2. The van der Waals surface area contributed by atoms with Gasteiger partial charge in [0.25, 0.3) is 0 Å². The summed E-state index contributed by atoms with van der Waals surface area (Å²) in [6.07, 6.45) is 0. The molecule has 0 saturated heterocycles. The fourth-order valence-electron chi connectivity index (χ4n) is 7.96. The lowest BCUT2D eigenvalue weighted by Crippen LogP contribution is -2.00. The molecule has 0 radical (unpaired) electrons. The van der Waals surface area contributed by atoms with Crippen molar-refractivity contribution >= 4 is 85.1 Å². The number of furan rings is 1. The van der Waals surface area contributed by atoms with Crippen molar-refractivity contribution in [3.05, 3.63) is 164 Å². The number of aromatic nitrogens is 5. The summed E-state index contributed by atoms with van der Waals surface area (Å²) in [6.45, 7) is 0. The Labute approximate surface area is 333 Å². The van der Waals surface area contributed by atoms with Gasteiger partial charge in [-0.15, -0.1) is 22.7 Å². The standard InChI is InChI=1S/C49H27N5OS2/c1-3-13-28(14-4-1)43-45-44(32-18-8-10-23-38(32)57-45)51-47(50-43)30-25-26-39-35(27-30)42-34(20-12-24-40(42)56-39)49-53-46(29-15-5-2-6-16-29)52-48(54-49)33-19-11-22-37-41(33)31-17-7-9-21-36(31)55-37/h1-27H. The van der Waals surface area contributed by atoms with Crippen molar-refractivity contribution in [3.8, 4) is 56.8 Å². The first-order valence-corrected chi connectivity index (χ1v) is 20.3. The second-order valence-electron chi connectivity index (χ2n) is 14.0. The molecule has 0 aliphatic heterocycles. The van der Waals surface area contributed by atoms with Crippen molar-refractivity contribution in [1.29, 1.82) is 0 Å². The van der Waals surface area contributed by atoms with E-state index in [-0.39, 0.29) is 0 Å². The van der Waals surface area contributed by atoms with Gasteiger partial charge in [-0.1, -0.05) is 121 Å². The molecule has 12 aromatic rings. The highest BCUT2D eigenvalue weighted by atomic mass is 32.1. The molecule has 0 atom stereocenters. The van der Waals surface area contributed by atoms with Crippen LogP contribution in [0, 0.1) is 0 Å². The molecule has 0 saturated carbocycles. The number of hydrogen-bond acceptors (Lipinski definition) is 8. The first kappa shape index (κ1) is 32.1. The third-order valence-electron chi connectivity index (χ3n) is 10.6. The van der Waals surface area contributed by atoms with Crippen LogP contribution in [-0.4, -0.2) is 24.9 Å². The van der Waals surface area contributed by atoms with E-state index in [1.165, 1.54) is 9.40 Å². The van der Waals surface area contributed by atoms with Crippen LogP contribution in [0.1, 0.15) is 0 Å². The van der Waals surface area contributed by atoms with Crippen LogP contribution >= 0.6 is 22.7 Å². The molecule has 5 heterocycles. The van der Waals surface area contributed by atoms with E-state index in [0.717, 1.165) is 86.5 Å². The van der Waals surface area contributed by atoms with E-state index in [4.69, 9.17) is 29.3 Å². The molecule has 0 fully saturated rings. The van der Waals surface area contributed by atoms with Crippen LogP contribution in [-0.2, 0) is 0 Å². The monoisotopic (exact) mass is 765 g/mol. The highest BCUT2D eigenvalue weighted by Gasteiger charge is 2.21. The summed E-state index contributed by atoms with van der Waals surface area (Å²) in [6, 6.07) is 56.2. The Morgan fingerprint density at radius 3 is 1.81 bits per heavy atom. The van der Waals surface area contributed by atoms with Crippen LogP contribution in [0.2, 0.25) is 0 Å². The minimum absolute atomic E-state index is 0.589. The normalized spacial score (nSPS) is 11.9. The SMILES string of the molecule is c1ccc(-c2nc(-c3cccc4oc5ccccc5c34)nc(-c3cccc4sc5ccc(-c6nc(-c7ccccc7)c7sc8ccccc8c7n6)cc5c34)n2)cc1. The molecule has 0 N–H and O–H groups in total. The Kier molecular flexibility index (Phi) is 7.17. The zero-order chi connectivity index (χ0) is 37.5. The summed E-state index contributed by atoms with van der Waals surface area (Å²) in [5.74, 6) is 2.49.